The van der Waals surface area contributed by atoms with Gasteiger partial charge < -0.3 is 24.3 Å². The smallest absolute Gasteiger partial charge is 0.512 e. The van der Waals surface area contributed by atoms with Crippen LogP contribution in [0.15, 0.2) is 35.5 Å². The second-order valence-electron chi connectivity index (χ2n) is 4.72. The first-order valence-corrected chi connectivity index (χ1v) is 6.49. The molecule has 0 aliphatic heterocycles. The number of hydrogen-bond acceptors (Lipinski definition) is 5. The van der Waals surface area contributed by atoms with E-state index in [0.717, 1.165) is 12.1 Å². The lowest BCUT2D eigenvalue weighted by Crippen LogP contribution is -2.21. The van der Waals surface area contributed by atoms with Crippen LogP contribution in [0.1, 0.15) is 5.56 Å². The van der Waals surface area contributed by atoms with Crippen LogP contribution < -0.4 is 10.2 Å². The van der Waals surface area contributed by atoms with Crippen LogP contribution in [-0.2, 0) is 6.54 Å². The van der Waals surface area contributed by atoms with Gasteiger partial charge in [-0.1, -0.05) is 0 Å². The Morgan fingerprint density at radius 1 is 1.30 bits per heavy atom. The molecule has 0 atom stereocenters. The molecule has 0 spiro atoms. The highest BCUT2D eigenvalue weighted by Gasteiger charge is 2.17. The quantitative estimate of drug-likeness (QED) is 0.604. The third kappa shape index (κ3) is 2.94. The van der Waals surface area contributed by atoms with Crippen molar-refractivity contribution in [2.75, 3.05) is 0 Å². The summed E-state index contributed by atoms with van der Waals surface area (Å²) in [5.41, 5.74) is -0.0810. The van der Waals surface area contributed by atoms with Crippen molar-refractivity contribution < 1.29 is 23.5 Å². The number of hydrogen-bond donors (Lipinski definition) is 3. The van der Waals surface area contributed by atoms with E-state index in [1.165, 1.54) is 17.1 Å². The molecule has 23 heavy (non-hydrogen) atoms. The van der Waals surface area contributed by atoms with Crippen molar-refractivity contribution in [2.45, 2.75) is 6.54 Å². The molecular formula is C13H10BF2N3O4. The summed E-state index contributed by atoms with van der Waals surface area (Å²) in [5, 5.41) is 17.3. The number of aromatic nitrogens is 3. The molecule has 0 saturated carbocycles. The van der Waals surface area contributed by atoms with Gasteiger partial charge in [-0.05, 0) is 6.07 Å². The number of pyridine rings is 1. The molecule has 0 saturated heterocycles. The molecule has 0 fully saturated rings. The van der Waals surface area contributed by atoms with Crippen LogP contribution in [0.3, 0.4) is 0 Å². The first kappa shape index (κ1) is 15.2. The van der Waals surface area contributed by atoms with Crippen molar-refractivity contribution in [1.82, 2.24) is 14.5 Å². The summed E-state index contributed by atoms with van der Waals surface area (Å²) in [5.74, 6) is -2.20. The summed E-state index contributed by atoms with van der Waals surface area (Å²) in [4.78, 5) is 18.0. The van der Waals surface area contributed by atoms with Gasteiger partial charge >= 0.3 is 7.32 Å². The van der Waals surface area contributed by atoms with Gasteiger partial charge in [-0.15, -0.1) is 0 Å². The predicted octanol–water partition coefficient (Wildman–Crippen LogP) is 0.399. The molecule has 0 unspecified atom stereocenters. The minimum Gasteiger partial charge on any atom is -0.512 e. The van der Waals surface area contributed by atoms with Crippen LogP contribution in [0.2, 0.25) is 0 Å². The average molecular weight is 321 g/mol. The minimum atomic E-state index is -2.18. The Bertz CT molecular complexity index is 902. The third-order valence-corrected chi connectivity index (χ3v) is 3.23. The molecule has 0 aliphatic carbocycles. The first-order valence-electron chi connectivity index (χ1n) is 6.49. The SMILES string of the molecule is O=c1[nH]ccc2c1ncn2Cc1c(F)cc(OB(O)O)cc1F. The van der Waals surface area contributed by atoms with Gasteiger partial charge in [-0.25, -0.2) is 13.8 Å². The van der Waals surface area contributed by atoms with E-state index in [-0.39, 0.29) is 23.4 Å². The van der Waals surface area contributed by atoms with Crippen LogP contribution in [0.4, 0.5) is 8.78 Å². The van der Waals surface area contributed by atoms with Gasteiger partial charge in [0.2, 0.25) is 0 Å². The monoisotopic (exact) mass is 321 g/mol. The molecule has 2 aromatic heterocycles. The van der Waals surface area contributed by atoms with Crippen molar-refractivity contribution in [3.63, 3.8) is 0 Å². The second-order valence-corrected chi connectivity index (χ2v) is 4.72. The van der Waals surface area contributed by atoms with Crippen molar-refractivity contribution >= 4 is 18.4 Å². The fourth-order valence-electron chi connectivity index (χ4n) is 2.22. The third-order valence-electron chi connectivity index (χ3n) is 3.23. The number of rotatable bonds is 4. The van der Waals surface area contributed by atoms with E-state index in [1.54, 1.807) is 6.07 Å². The maximum absolute atomic E-state index is 14.0. The van der Waals surface area contributed by atoms with E-state index >= 15 is 0 Å². The summed E-state index contributed by atoms with van der Waals surface area (Å²) in [6, 6.07) is 3.24. The van der Waals surface area contributed by atoms with Crippen molar-refractivity contribution in [3.8, 4) is 5.75 Å². The maximum Gasteiger partial charge on any atom is 0.707 e. The van der Waals surface area contributed by atoms with Crippen LogP contribution >= 0.6 is 0 Å². The number of H-pyrrole nitrogens is 1. The minimum absolute atomic E-state index is 0.164. The zero-order valence-electron chi connectivity index (χ0n) is 11.5. The topological polar surface area (TPSA) is 100 Å². The molecule has 0 amide bonds. The van der Waals surface area contributed by atoms with Gasteiger partial charge in [0.05, 0.1) is 18.4 Å². The molecule has 0 bridgehead atoms. The van der Waals surface area contributed by atoms with Gasteiger partial charge in [0.15, 0.2) is 5.52 Å². The molecule has 1 aromatic carbocycles. The number of fused-ring (bicyclic) bond motifs is 1. The number of aromatic amines is 1. The highest BCUT2D eigenvalue weighted by Crippen LogP contribution is 2.22. The number of imidazole rings is 1. The lowest BCUT2D eigenvalue weighted by atomic mass is 10.1. The average Bonchev–Trinajstić information content (AvgIpc) is 2.87. The summed E-state index contributed by atoms with van der Waals surface area (Å²) in [7, 11) is -2.18. The normalized spacial score (nSPS) is 11.0. The standard InChI is InChI=1S/C13H10BF2N3O4/c15-9-3-7(23-14(21)22)4-10(16)8(9)5-19-6-18-12-11(19)1-2-17-13(12)20/h1-4,6,21-22H,5H2,(H,17,20). The Kier molecular flexibility index (Phi) is 3.84. The number of benzene rings is 1. The van der Waals surface area contributed by atoms with Crippen LogP contribution in [-0.4, -0.2) is 31.9 Å². The van der Waals surface area contributed by atoms with E-state index < -0.39 is 24.5 Å². The Balaban J connectivity index is 1.99. The second kappa shape index (κ2) is 5.82. The van der Waals surface area contributed by atoms with E-state index in [2.05, 4.69) is 14.6 Å². The van der Waals surface area contributed by atoms with Crippen molar-refractivity contribution in [1.29, 1.82) is 0 Å². The Hall–Kier alpha value is -2.72. The van der Waals surface area contributed by atoms with Crippen LogP contribution in [0, 0.1) is 11.6 Å². The molecule has 3 N–H and O–H groups in total. The molecule has 3 aromatic rings. The van der Waals surface area contributed by atoms with Crippen LogP contribution in [0.25, 0.3) is 11.0 Å². The van der Waals surface area contributed by atoms with E-state index in [1.807, 2.05) is 0 Å². The van der Waals surface area contributed by atoms with Crippen molar-refractivity contribution in [2.24, 2.45) is 0 Å². The van der Waals surface area contributed by atoms with Gasteiger partial charge in [0.1, 0.15) is 17.4 Å². The van der Waals surface area contributed by atoms with Crippen LogP contribution in [0.5, 0.6) is 5.75 Å². The zero-order chi connectivity index (χ0) is 16.6. The van der Waals surface area contributed by atoms with Crippen molar-refractivity contribution in [3.05, 3.63) is 58.3 Å². The molecule has 0 aliphatic rings. The van der Waals surface area contributed by atoms with Gasteiger partial charge in [0, 0.05) is 23.9 Å². The molecule has 118 valence electrons. The first-order chi connectivity index (χ1) is 11.0. The molecule has 7 nitrogen and oxygen atoms in total. The Morgan fingerprint density at radius 2 is 2.00 bits per heavy atom. The summed E-state index contributed by atoms with van der Waals surface area (Å²) >= 11 is 0. The fourth-order valence-corrected chi connectivity index (χ4v) is 2.22. The lowest BCUT2D eigenvalue weighted by Gasteiger charge is -2.10. The summed E-state index contributed by atoms with van der Waals surface area (Å²) in [6.07, 6.45) is 2.72. The maximum atomic E-state index is 14.0. The Morgan fingerprint density at radius 3 is 2.65 bits per heavy atom. The predicted molar refractivity (Wildman–Crippen MR) is 76.6 cm³/mol. The molecular weight excluding hydrogens is 311 g/mol. The highest BCUT2D eigenvalue weighted by atomic mass is 19.1. The molecule has 0 radical (unpaired) electrons. The van der Waals surface area contributed by atoms with Gasteiger partial charge in [-0.3, -0.25) is 4.79 Å². The van der Waals surface area contributed by atoms with Gasteiger partial charge in [-0.2, -0.15) is 0 Å². The Labute approximate surface area is 128 Å². The largest absolute Gasteiger partial charge is 0.707 e. The van der Waals surface area contributed by atoms with E-state index in [0.29, 0.717) is 5.52 Å². The van der Waals surface area contributed by atoms with E-state index in [9.17, 15) is 13.6 Å². The summed E-state index contributed by atoms with van der Waals surface area (Å²) < 4.78 is 33.9. The molecule has 2 heterocycles. The lowest BCUT2D eigenvalue weighted by molar-refractivity contribution is 0.287. The number of nitrogens with zero attached hydrogens (tertiary/aromatic N) is 2. The molecule has 10 heteroatoms. The highest BCUT2D eigenvalue weighted by molar-refractivity contribution is 6.33. The fraction of sp³-hybridized carbons (Fsp3) is 0.0769. The number of nitrogens with one attached hydrogen (secondary N) is 1. The van der Waals surface area contributed by atoms with E-state index in [4.69, 9.17) is 10.0 Å². The van der Waals surface area contributed by atoms with Gasteiger partial charge in [0.25, 0.3) is 5.56 Å². The molecule has 3 rings (SSSR count). The zero-order valence-corrected chi connectivity index (χ0v) is 11.5. The summed E-state index contributed by atoms with van der Waals surface area (Å²) in [6.45, 7) is -0.195. The number of halogens is 2.